The molecule has 5 nitrogen and oxygen atoms in total. The molecule has 2 aromatic heterocycles. The minimum Gasteiger partial charge on any atom is -0.368 e. The molecule has 0 atom stereocenters. The minimum absolute atomic E-state index is 0.0598. The molecular weight excluding hydrogens is 334 g/mol. The van der Waals surface area contributed by atoms with E-state index in [1.54, 1.807) is 17.4 Å². The fourth-order valence-electron chi connectivity index (χ4n) is 3.07. The van der Waals surface area contributed by atoms with Crippen LogP contribution < -0.4 is 4.90 Å². The maximum absolute atomic E-state index is 12.7. The summed E-state index contributed by atoms with van der Waals surface area (Å²) in [7, 11) is 0. The van der Waals surface area contributed by atoms with E-state index in [1.165, 1.54) is 11.3 Å². The number of anilines is 1. The van der Waals surface area contributed by atoms with Gasteiger partial charge in [0.25, 0.3) is 5.91 Å². The first-order valence-electron chi connectivity index (χ1n) is 8.32. The molecule has 4 rings (SSSR count). The van der Waals surface area contributed by atoms with Crippen LogP contribution in [0.3, 0.4) is 0 Å². The molecule has 0 spiro atoms. The Morgan fingerprint density at radius 3 is 2.68 bits per heavy atom. The molecule has 1 amide bonds. The second-order valence-electron chi connectivity index (χ2n) is 6.17. The zero-order chi connectivity index (χ0) is 17.2. The Kier molecular flexibility index (Phi) is 4.28. The van der Waals surface area contributed by atoms with E-state index in [2.05, 4.69) is 41.2 Å². The van der Waals surface area contributed by atoms with Crippen molar-refractivity contribution < 1.29 is 9.32 Å². The molecule has 1 aliphatic rings. The third-order valence-electron chi connectivity index (χ3n) is 4.43. The van der Waals surface area contributed by atoms with Crippen LogP contribution in [-0.2, 0) is 0 Å². The fraction of sp³-hybridized carbons (Fsp3) is 0.263. The van der Waals surface area contributed by atoms with E-state index in [1.807, 2.05) is 22.4 Å². The summed E-state index contributed by atoms with van der Waals surface area (Å²) in [6.45, 7) is 5.12. The molecule has 1 saturated heterocycles. The molecule has 0 unspecified atom stereocenters. The zero-order valence-corrected chi connectivity index (χ0v) is 14.8. The van der Waals surface area contributed by atoms with Gasteiger partial charge in [0.2, 0.25) is 0 Å². The van der Waals surface area contributed by atoms with Crippen LogP contribution in [-0.4, -0.2) is 42.1 Å². The first-order valence-corrected chi connectivity index (χ1v) is 9.20. The van der Waals surface area contributed by atoms with Crippen LogP contribution in [0.5, 0.6) is 0 Å². The lowest BCUT2D eigenvalue weighted by molar-refractivity contribution is 0.0736. The highest BCUT2D eigenvalue weighted by molar-refractivity contribution is 7.13. The van der Waals surface area contributed by atoms with Gasteiger partial charge in [-0.15, -0.1) is 11.3 Å². The average molecular weight is 353 g/mol. The Bertz CT molecular complexity index is 864. The largest absolute Gasteiger partial charge is 0.368 e. The van der Waals surface area contributed by atoms with E-state index >= 15 is 0 Å². The first-order chi connectivity index (χ1) is 12.2. The molecule has 1 aromatic carbocycles. The molecular formula is C19H19N3O2S. The van der Waals surface area contributed by atoms with Gasteiger partial charge in [0.1, 0.15) is 0 Å². The second-order valence-corrected chi connectivity index (χ2v) is 7.12. The molecule has 128 valence electrons. The van der Waals surface area contributed by atoms with Crippen molar-refractivity contribution in [1.82, 2.24) is 10.1 Å². The molecule has 25 heavy (non-hydrogen) atoms. The van der Waals surface area contributed by atoms with Crippen molar-refractivity contribution in [3.8, 4) is 10.6 Å². The Hall–Kier alpha value is -2.60. The van der Waals surface area contributed by atoms with Crippen molar-refractivity contribution in [2.45, 2.75) is 6.92 Å². The topological polar surface area (TPSA) is 49.6 Å². The van der Waals surface area contributed by atoms with Crippen molar-refractivity contribution in [2.75, 3.05) is 31.1 Å². The lowest BCUT2D eigenvalue weighted by atomic mass is 10.2. The maximum Gasteiger partial charge on any atom is 0.276 e. The molecule has 1 fully saturated rings. The number of hydrogen-bond acceptors (Lipinski definition) is 5. The van der Waals surface area contributed by atoms with E-state index in [9.17, 15) is 4.79 Å². The van der Waals surface area contributed by atoms with Crippen LogP contribution in [0, 0.1) is 6.92 Å². The number of thiophene rings is 1. The predicted molar refractivity (Wildman–Crippen MR) is 99.1 cm³/mol. The number of amides is 1. The Balaban J connectivity index is 1.41. The second kappa shape index (κ2) is 6.72. The van der Waals surface area contributed by atoms with Crippen LogP contribution in [0.2, 0.25) is 0 Å². The summed E-state index contributed by atoms with van der Waals surface area (Å²) in [5.41, 5.74) is 2.85. The average Bonchev–Trinajstić information content (AvgIpc) is 3.32. The minimum atomic E-state index is -0.0598. The van der Waals surface area contributed by atoms with Crippen molar-refractivity contribution in [1.29, 1.82) is 0 Å². The highest BCUT2D eigenvalue weighted by Gasteiger charge is 2.25. The number of aromatic nitrogens is 1. The Labute approximate surface area is 150 Å². The number of hydrogen-bond donors (Lipinski definition) is 0. The molecule has 3 aromatic rings. The normalized spacial score (nSPS) is 14.8. The molecule has 3 heterocycles. The van der Waals surface area contributed by atoms with Gasteiger partial charge in [-0.2, -0.15) is 0 Å². The van der Waals surface area contributed by atoms with Gasteiger partial charge in [-0.3, -0.25) is 4.79 Å². The summed E-state index contributed by atoms with van der Waals surface area (Å²) < 4.78 is 5.33. The third kappa shape index (κ3) is 3.30. The fourth-order valence-corrected chi connectivity index (χ4v) is 3.74. The lowest BCUT2D eigenvalue weighted by Crippen LogP contribution is -2.48. The molecule has 6 heteroatoms. The number of rotatable bonds is 3. The van der Waals surface area contributed by atoms with Gasteiger partial charge in [0.15, 0.2) is 11.5 Å². The number of piperazine rings is 1. The highest BCUT2D eigenvalue weighted by atomic mass is 32.1. The summed E-state index contributed by atoms with van der Waals surface area (Å²) >= 11 is 1.57. The quantitative estimate of drug-likeness (QED) is 0.721. The van der Waals surface area contributed by atoms with E-state index in [0.717, 1.165) is 18.0 Å². The highest BCUT2D eigenvalue weighted by Crippen LogP contribution is 2.26. The molecule has 0 bridgehead atoms. The maximum atomic E-state index is 12.7. The van der Waals surface area contributed by atoms with Crippen molar-refractivity contribution in [3.63, 3.8) is 0 Å². The van der Waals surface area contributed by atoms with Crippen LogP contribution in [0.1, 0.15) is 16.1 Å². The summed E-state index contributed by atoms with van der Waals surface area (Å²) in [4.78, 5) is 17.8. The summed E-state index contributed by atoms with van der Waals surface area (Å²) in [5.74, 6) is 0.590. The van der Waals surface area contributed by atoms with Crippen molar-refractivity contribution in [2.24, 2.45) is 0 Å². The molecule has 1 aliphatic heterocycles. The van der Waals surface area contributed by atoms with Crippen molar-refractivity contribution >= 4 is 22.9 Å². The van der Waals surface area contributed by atoms with Crippen LogP contribution >= 0.6 is 11.3 Å². The van der Waals surface area contributed by atoms with Crippen LogP contribution in [0.15, 0.2) is 52.4 Å². The van der Waals surface area contributed by atoms with Gasteiger partial charge < -0.3 is 14.3 Å². The van der Waals surface area contributed by atoms with Gasteiger partial charge in [-0.25, -0.2) is 0 Å². The number of nitrogens with zero attached hydrogens (tertiary/aromatic N) is 3. The summed E-state index contributed by atoms with van der Waals surface area (Å²) in [5, 5.41) is 5.94. The van der Waals surface area contributed by atoms with Gasteiger partial charge >= 0.3 is 0 Å². The lowest BCUT2D eigenvalue weighted by Gasteiger charge is -2.35. The van der Waals surface area contributed by atoms with Crippen LogP contribution in [0.25, 0.3) is 10.6 Å². The number of aryl methyl sites for hydroxylation is 1. The SMILES string of the molecule is Cc1cccc(N2CCN(C(=O)c3cc(-c4cccs4)on3)CC2)c1. The van der Waals surface area contributed by atoms with Gasteiger partial charge in [-0.1, -0.05) is 23.4 Å². The number of carbonyl (C=O) groups is 1. The Morgan fingerprint density at radius 2 is 1.96 bits per heavy atom. The summed E-state index contributed by atoms with van der Waals surface area (Å²) in [6, 6.07) is 14.1. The van der Waals surface area contributed by atoms with E-state index in [0.29, 0.717) is 24.5 Å². The smallest absolute Gasteiger partial charge is 0.276 e. The third-order valence-corrected chi connectivity index (χ3v) is 5.31. The molecule has 0 saturated carbocycles. The zero-order valence-electron chi connectivity index (χ0n) is 14.0. The standard InChI is InChI=1S/C19H19N3O2S/c1-14-4-2-5-15(12-14)21-7-9-22(10-8-21)19(23)16-13-17(24-20-16)18-6-3-11-25-18/h2-6,11-13H,7-10H2,1H3. The molecule has 0 aliphatic carbocycles. The van der Waals surface area contributed by atoms with E-state index < -0.39 is 0 Å². The van der Waals surface area contributed by atoms with Gasteiger partial charge in [0.05, 0.1) is 4.88 Å². The molecule has 0 radical (unpaired) electrons. The first kappa shape index (κ1) is 15.9. The van der Waals surface area contributed by atoms with Crippen LogP contribution in [0.4, 0.5) is 5.69 Å². The molecule has 0 N–H and O–H groups in total. The van der Waals surface area contributed by atoms with Crippen molar-refractivity contribution in [3.05, 3.63) is 59.1 Å². The van der Waals surface area contributed by atoms with Gasteiger partial charge in [-0.05, 0) is 36.1 Å². The Morgan fingerprint density at radius 1 is 1.12 bits per heavy atom. The van der Waals surface area contributed by atoms with E-state index in [-0.39, 0.29) is 5.91 Å². The number of carbonyl (C=O) groups excluding carboxylic acids is 1. The predicted octanol–water partition coefficient (Wildman–Crippen LogP) is 3.67. The monoisotopic (exact) mass is 353 g/mol. The van der Waals surface area contributed by atoms with E-state index in [4.69, 9.17) is 4.52 Å². The number of benzene rings is 1. The van der Waals surface area contributed by atoms with Gasteiger partial charge in [0, 0.05) is 37.9 Å². The summed E-state index contributed by atoms with van der Waals surface area (Å²) in [6.07, 6.45) is 0.